The van der Waals surface area contributed by atoms with Gasteiger partial charge in [-0.15, -0.1) is 0 Å². The van der Waals surface area contributed by atoms with Crippen LogP contribution in [0.1, 0.15) is 41.6 Å². The van der Waals surface area contributed by atoms with Gasteiger partial charge in [0.1, 0.15) is 12.1 Å². The Hall–Kier alpha value is -2.60. The van der Waals surface area contributed by atoms with Crippen molar-refractivity contribution in [1.82, 2.24) is 35.8 Å². The fourth-order valence-electron chi connectivity index (χ4n) is 5.92. The lowest BCUT2D eigenvalue weighted by Gasteiger charge is -2.36. The molecule has 3 unspecified atom stereocenters. The lowest BCUT2D eigenvalue weighted by molar-refractivity contribution is 0.0687. The van der Waals surface area contributed by atoms with E-state index in [1.165, 1.54) is 17.2 Å². The van der Waals surface area contributed by atoms with Gasteiger partial charge in [0.05, 0.1) is 12.1 Å². The average Bonchev–Trinajstić information content (AvgIpc) is 3.62. The van der Waals surface area contributed by atoms with Gasteiger partial charge in [-0.2, -0.15) is 0 Å². The number of likely N-dealkylation sites (tertiary alicyclic amines) is 1. The van der Waals surface area contributed by atoms with E-state index in [-0.39, 0.29) is 30.2 Å². The molecule has 0 radical (unpaired) electrons. The van der Waals surface area contributed by atoms with E-state index in [2.05, 4.69) is 67.5 Å². The van der Waals surface area contributed by atoms with E-state index < -0.39 is 0 Å². The average molecular weight is 523 g/mol. The number of amides is 2. The van der Waals surface area contributed by atoms with Gasteiger partial charge in [0.2, 0.25) is 0 Å². The predicted octanol–water partition coefficient (Wildman–Crippen LogP) is 2.28. The van der Waals surface area contributed by atoms with Crippen molar-refractivity contribution < 1.29 is 9.18 Å². The fraction of sp³-hybridized carbons (Fsp3) is 0.536. The van der Waals surface area contributed by atoms with Crippen molar-refractivity contribution >= 4 is 11.7 Å². The van der Waals surface area contributed by atoms with Crippen LogP contribution in [0.15, 0.2) is 42.5 Å². The molecule has 38 heavy (non-hydrogen) atoms. The number of hydrogen-bond donors (Lipinski definition) is 4. The molecule has 4 fully saturated rings. The smallest absolute Gasteiger partial charge is 0.321 e. The van der Waals surface area contributed by atoms with Crippen LogP contribution < -0.4 is 21.4 Å². The Kier molecular flexibility index (Phi) is 7.60. The van der Waals surface area contributed by atoms with E-state index in [1.54, 1.807) is 12.1 Å². The van der Waals surface area contributed by atoms with E-state index in [1.807, 2.05) is 4.90 Å². The summed E-state index contributed by atoms with van der Waals surface area (Å²) in [6, 6.07) is 13.6. The molecule has 10 heteroatoms. The largest absolute Gasteiger partial charge is 0.325 e. The number of urea groups is 1. The number of anilines is 1. The molecule has 4 heterocycles. The zero-order valence-electron chi connectivity index (χ0n) is 22.1. The second-order valence-electron chi connectivity index (χ2n) is 11.0. The molecule has 2 amide bonds. The maximum Gasteiger partial charge on any atom is 0.321 e. The number of rotatable bonds is 5. The van der Waals surface area contributed by atoms with Crippen molar-refractivity contribution in [2.75, 3.05) is 64.7 Å². The summed E-state index contributed by atoms with van der Waals surface area (Å²) >= 11 is 0. The molecule has 4 saturated heterocycles. The van der Waals surface area contributed by atoms with Gasteiger partial charge in [-0.25, -0.2) is 19.6 Å². The van der Waals surface area contributed by atoms with Crippen LogP contribution in [0.2, 0.25) is 0 Å². The number of benzene rings is 2. The number of halogens is 1. The number of hydrogen-bond acceptors (Lipinski definition) is 7. The number of fused-ring (bicyclic) bond motifs is 1. The quantitative estimate of drug-likeness (QED) is 0.480. The lowest BCUT2D eigenvalue weighted by Crippen LogP contribution is -2.61. The molecule has 2 aromatic rings. The fourth-order valence-corrected chi connectivity index (χ4v) is 5.92. The Morgan fingerprint density at radius 3 is 2.53 bits per heavy atom. The highest BCUT2D eigenvalue weighted by Gasteiger charge is 2.38. The third kappa shape index (κ3) is 5.70. The number of hydrazine groups is 1. The summed E-state index contributed by atoms with van der Waals surface area (Å²) in [6.07, 6.45) is 1.98. The minimum absolute atomic E-state index is 0.0880. The third-order valence-corrected chi connectivity index (χ3v) is 8.29. The zero-order valence-corrected chi connectivity index (χ0v) is 22.1. The van der Waals surface area contributed by atoms with Crippen molar-refractivity contribution in [3.63, 3.8) is 0 Å². The molecule has 4 N–H and O–H groups in total. The van der Waals surface area contributed by atoms with E-state index in [0.717, 1.165) is 65.2 Å². The van der Waals surface area contributed by atoms with Gasteiger partial charge in [0, 0.05) is 70.2 Å². The Labute approximate surface area is 224 Å². The lowest BCUT2D eigenvalue weighted by atomic mass is 10.0. The summed E-state index contributed by atoms with van der Waals surface area (Å²) in [5.74, 6) is -0.269. The first kappa shape index (κ1) is 25.7. The number of likely N-dealkylation sites (N-methyl/N-ethyl adjacent to an activating group) is 1. The molecule has 0 saturated carbocycles. The first-order valence-corrected chi connectivity index (χ1v) is 13.9. The summed E-state index contributed by atoms with van der Waals surface area (Å²) in [6.45, 7) is 8.41. The first-order valence-electron chi connectivity index (χ1n) is 13.9. The number of nitrogens with zero attached hydrogens (tertiary/aromatic N) is 4. The SMILES string of the molecule is CN1CCN(Cc2ccc(C3CNC4NC(c5cc(NC(=O)N6CCCC6)ccc5F)CN4N3)cc2)CC1. The molecule has 9 nitrogen and oxygen atoms in total. The van der Waals surface area contributed by atoms with Gasteiger partial charge in [0.25, 0.3) is 0 Å². The Morgan fingerprint density at radius 2 is 1.76 bits per heavy atom. The van der Waals surface area contributed by atoms with Crippen molar-refractivity contribution in [2.24, 2.45) is 0 Å². The molecule has 4 aliphatic heterocycles. The van der Waals surface area contributed by atoms with Crippen molar-refractivity contribution in [2.45, 2.75) is 37.8 Å². The van der Waals surface area contributed by atoms with E-state index in [0.29, 0.717) is 17.8 Å². The van der Waals surface area contributed by atoms with E-state index in [9.17, 15) is 9.18 Å². The van der Waals surface area contributed by atoms with E-state index >= 15 is 0 Å². The van der Waals surface area contributed by atoms with Crippen molar-refractivity contribution in [3.05, 3.63) is 65.0 Å². The van der Waals surface area contributed by atoms with Gasteiger partial charge < -0.3 is 15.1 Å². The van der Waals surface area contributed by atoms with Gasteiger partial charge >= 0.3 is 6.03 Å². The van der Waals surface area contributed by atoms with Crippen LogP contribution in [0.4, 0.5) is 14.9 Å². The highest BCUT2D eigenvalue weighted by atomic mass is 19.1. The normalized spacial score (nSPS) is 27.0. The number of carbonyl (C=O) groups excluding carboxylic acids is 1. The van der Waals surface area contributed by atoms with Gasteiger partial charge in [-0.05, 0) is 49.2 Å². The van der Waals surface area contributed by atoms with E-state index in [4.69, 9.17) is 0 Å². The molecule has 6 rings (SSSR count). The molecule has 0 bridgehead atoms. The van der Waals surface area contributed by atoms with Crippen LogP contribution in [0.3, 0.4) is 0 Å². The van der Waals surface area contributed by atoms with Crippen molar-refractivity contribution in [3.8, 4) is 0 Å². The van der Waals surface area contributed by atoms with Crippen LogP contribution in [-0.2, 0) is 6.54 Å². The molecular formula is C28H39FN8O. The summed E-state index contributed by atoms with van der Waals surface area (Å²) in [4.78, 5) is 19.2. The van der Waals surface area contributed by atoms with Crippen LogP contribution >= 0.6 is 0 Å². The summed E-state index contributed by atoms with van der Waals surface area (Å²) in [5.41, 5.74) is 7.40. The second-order valence-corrected chi connectivity index (χ2v) is 11.0. The van der Waals surface area contributed by atoms with Crippen LogP contribution in [-0.4, -0.2) is 91.4 Å². The van der Waals surface area contributed by atoms with Crippen LogP contribution in [0.25, 0.3) is 0 Å². The number of carbonyl (C=O) groups is 1. The van der Waals surface area contributed by atoms with Gasteiger partial charge in [0.15, 0.2) is 0 Å². The molecule has 0 aliphatic carbocycles. The molecule has 3 atom stereocenters. The zero-order chi connectivity index (χ0) is 26.1. The minimum Gasteiger partial charge on any atom is -0.325 e. The summed E-state index contributed by atoms with van der Waals surface area (Å²) in [5, 5.41) is 12.1. The number of piperazine rings is 1. The van der Waals surface area contributed by atoms with Gasteiger partial charge in [-0.3, -0.25) is 15.5 Å². The van der Waals surface area contributed by atoms with Gasteiger partial charge in [-0.1, -0.05) is 24.3 Å². The third-order valence-electron chi connectivity index (χ3n) is 8.29. The minimum atomic E-state index is -0.269. The van der Waals surface area contributed by atoms with Crippen LogP contribution in [0.5, 0.6) is 0 Å². The molecule has 0 spiro atoms. The highest BCUT2D eigenvalue weighted by Crippen LogP contribution is 2.29. The number of nitrogens with one attached hydrogen (secondary N) is 4. The molecule has 4 aliphatic rings. The van der Waals surface area contributed by atoms with Crippen LogP contribution in [0, 0.1) is 5.82 Å². The maximum absolute atomic E-state index is 14.9. The second kappa shape index (κ2) is 11.3. The summed E-state index contributed by atoms with van der Waals surface area (Å²) < 4.78 is 14.9. The Morgan fingerprint density at radius 1 is 1.00 bits per heavy atom. The Bertz CT molecular complexity index is 1120. The highest BCUT2D eigenvalue weighted by molar-refractivity contribution is 5.89. The first-order chi connectivity index (χ1) is 18.5. The standard InChI is InChI=1S/C28H39FN8O/c1-34-12-14-35(15-13-34)18-20-4-6-21(7-5-20)25-17-30-27-32-26(19-37(27)33-25)23-16-22(8-9-24(23)29)31-28(38)36-10-2-3-11-36/h4-9,16,25-27,30,32-33H,2-3,10-15,17-19H2,1H3,(H,31,38). The predicted molar refractivity (Wildman–Crippen MR) is 146 cm³/mol. The monoisotopic (exact) mass is 522 g/mol. The maximum atomic E-state index is 14.9. The molecule has 0 aromatic heterocycles. The molecule has 2 aromatic carbocycles. The molecular weight excluding hydrogens is 483 g/mol. The molecule has 204 valence electrons. The topological polar surface area (TPSA) is 78.2 Å². The Balaban J connectivity index is 1.06. The summed E-state index contributed by atoms with van der Waals surface area (Å²) in [7, 11) is 2.18. The van der Waals surface area contributed by atoms with Crippen molar-refractivity contribution in [1.29, 1.82) is 0 Å².